The molecule has 2 heterocycles. The van der Waals surface area contributed by atoms with Gasteiger partial charge in [0, 0.05) is 47.2 Å². The minimum Gasteiger partial charge on any atom is -0.451 e. The van der Waals surface area contributed by atoms with Crippen LogP contribution in [0.5, 0.6) is 0 Å². The van der Waals surface area contributed by atoms with Crippen molar-refractivity contribution >= 4 is 39.7 Å². The molecule has 134 valence electrons. The van der Waals surface area contributed by atoms with Crippen molar-refractivity contribution in [3.8, 4) is 0 Å². The van der Waals surface area contributed by atoms with E-state index in [4.69, 9.17) is 4.42 Å². The number of nitro benzene ring substituents is 1. The number of aryl methyl sites for hydroxylation is 1. The van der Waals surface area contributed by atoms with E-state index in [2.05, 4.69) is 10.5 Å². The molecule has 0 unspecified atom stereocenters. The maximum Gasteiger partial charge on any atom is 0.307 e. The molecule has 0 aliphatic carbocycles. The van der Waals surface area contributed by atoms with E-state index in [-0.39, 0.29) is 11.4 Å². The highest BCUT2D eigenvalue weighted by molar-refractivity contribution is 6.01. The first-order valence-electron chi connectivity index (χ1n) is 8.08. The summed E-state index contributed by atoms with van der Waals surface area (Å²) in [6.45, 7) is 0. The molecule has 0 atom stereocenters. The Morgan fingerprint density at radius 2 is 2.07 bits per heavy atom. The number of hydrazone groups is 1. The standard InChI is InChI=1S/C19H14N4O4/c1-22-11-13(15-4-2-3-5-16(15)22)10-20-21-19(24)18-9-12-8-14(23(25)26)6-7-17(12)27-18/h2-11H,1H3,(H,21,24)/b20-10+. The highest BCUT2D eigenvalue weighted by Crippen LogP contribution is 2.24. The number of rotatable bonds is 4. The number of hydrogen-bond acceptors (Lipinski definition) is 5. The minimum atomic E-state index is -0.537. The Kier molecular flexibility index (Phi) is 3.92. The molecule has 0 saturated carbocycles. The van der Waals surface area contributed by atoms with Gasteiger partial charge in [0.15, 0.2) is 5.76 Å². The van der Waals surface area contributed by atoms with Gasteiger partial charge in [-0.2, -0.15) is 5.10 Å². The van der Waals surface area contributed by atoms with Crippen LogP contribution < -0.4 is 5.43 Å². The average Bonchev–Trinajstić information content (AvgIpc) is 3.23. The number of para-hydroxylation sites is 1. The second kappa shape index (κ2) is 6.41. The second-order valence-corrected chi connectivity index (χ2v) is 6.00. The first kappa shape index (κ1) is 16.5. The van der Waals surface area contributed by atoms with E-state index >= 15 is 0 Å². The lowest BCUT2D eigenvalue weighted by molar-refractivity contribution is -0.384. The molecule has 27 heavy (non-hydrogen) atoms. The third-order valence-electron chi connectivity index (χ3n) is 4.23. The second-order valence-electron chi connectivity index (χ2n) is 6.00. The molecule has 8 nitrogen and oxygen atoms in total. The molecule has 0 fully saturated rings. The normalized spacial score (nSPS) is 11.4. The van der Waals surface area contributed by atoms with Gasteiger partial charge in [0.25, 0.3) is 5.69 Å². The van der Waals surface area contributed by atoms with Crippen LogP contribution in [0.1, 0.15) is 16.1 Å². The van der Waals surface area contributed by atoms with Crippen molar-refractivity contribution in [2.75, 3.05) is 0 Å². The number of furan rings is 1. The Bertz CT molecular complexity index is 1220. The number of carbonyl (C=O) groups excluding carboxylic acids is 1. The summed E-state index contributed by atoms with van der Waals surface area (Å²) in [5.74, 6) is -0.508. The first-order valence-corrected chi connectivity index (χ1v) is 8.08. The van der Waals surface area contributed by atoms with Gasteiger partial charge in [0.2, 0.25) is 0 Å². The number of nitro groups is 1. The van der Waals surface area contributed by atoms with Crippen molar-refractivity contribution in [1.82, 2.24) is 9.99 Å². The zero-order chi connectivity index (χ0) is 19.0. The first-order chi connectivity index (χ1) is 13.0. The number of amides is 1. The Hall–Kier alpha value is -3.94. The Morgan fingerprint density at radius 1 is 1.26 bits per heavy atom. The number of aromatic nitrogens is 1. The summed E-state index contributed by atoms with van der Waals surface area (Å²) in [7, 11) is 1.94. The zero-order valence-electron chi connectivity index (χ0n) is 14.2. The van der Waals surface area contributed by atoms with Crippen LogP contribution in [0.4, 0.5) is 5.69 Å². The summed E-state index contributed by atoms with van der Waals surface area (Å²) in [5.41, 5.74) is 4.67. The van der Waals surface area contributed by atoms with Crippen LogP contribution in [0.25, 0.3) is 21.9 Å². The van der Waals surface area contributed by atoms with Gasteiger partial charge in [0.1, 0.15) is 5.58 Å². The zero-order valence-corrected chi connectivity index (χ0v) is 14.2. The lowest BCUT2D eigenvalue weighted by atomic mass is 10.2. The molecule has 4 aromatic rings. The van der Waals surface area contributed by atoms with Crippen molar-refractivity contribution in [1.29, 1.82) is 0 Å². The summed E-state index contributed by atoms with van der Waals surface area (Å²) in [4.78, 5) is 22.6. The molecule has 8 heteroatoms. The maximum atomic E-state index is 12.2. The molecular weight excluding hydrogens is 348 g/mol. The quantitative estimate of drug-likeness (QED) is 0.340. The number of hydrogen-bond donors (Lipinski definition) is 1. The topological polar surface area (TPSA) is 103 Å². The lowest BCUT2D eigenvalue weighted by Gasteiger charge is -1.95. The van der Waals surface area contributed by atoms with Gasteiger partial charge in [-0.05, 0) is 18.2 Å². The number of nitrogens with one attached hydrogen (secondary N) is 1. The molecule has 1 amide bonds. The minimum absolute atomic E-state index is 0.0283. The van der Waals surface area contributed by atoms with Gasteiger partial charge < -0.3 is 8.98 Å². The van der Waals surface area contributed by atoms with Crippen molar-refractivity contribution in [3.05, 3.63) is 76.2 Å². The summed E-state index contributed by atoms with van der Waals surface area (Å²) < 4.78 is 7.41. The Balaban J connectivity index is 1.54. The summed E-state index contributed by atoms with van der Waals surface area (Å²) >= 11 is 0. The number of non-ortho nitro benzene ring substituents is 1. The van der Waals surface area contributed by atoms with E-state index in [0.29, 0.717) is 11.0 Å². The van der Waals surface area contributed by atoms with E-state index in [1.165, 1.54) is 24.3 Å². The molecule has 0 aliphatic heterocycles. The van der Waals surface area contributed by atoms with E-state index in [1.54, 1.807) is 6.21 Å². The van der Waals surface area contributed by atoms with Crippen LogP contribution in [0.15, 0.2) is 64.2 Å². The van der Waals surface area contributed by atoms with Gasteiger partial charge in [-0.1, -0.05) is 18.2 Å². The summed E-state index contributed by atoms with van der Waals surface area (Å²) in [5, 5.41) is 16.3. The molecule has 0 aliphatic rings. The van der Waals surface area contributed by atoms with Crippen molar-refractivity contribution in [3.63, 3.8) is 0 Å². The van der Waals surface area contributed by atoms with Crippen LogP contribution >= 0.6 is 0 Å². The van der Waals surface area contributed by atoms with Gasteiger partial charge in [0.05, 0.1) is 11.1 Å². The number of nitrogens with zero attached hydrogens (tertiary/aromatic N) is 3. The molecule has 4 rings (SSSR count). The molecule has 0 radical (unpaired) electrons. The van der Waals surface area contributed by atoms with E-state index in [0.717, 1.165) is 16.5 Å². The van der Waals surface area contributed by atoms with Crippen LogP contribution in [-0.4, -0.2) is 21.6 Å². The largest absolute Gasteiger partial charge is 0.451 e. The monoisotopic (exact) mass is 362 g/mol. The smallest absolute Gasteiger partial charge is 0.307 e. The number of fused-ring (bicyclic) bond motifs is 2. The fourth-order valence-corrected chi connectivity index (χ4v) is 2.95. The van der Waals surface area contributed by atoms with Gasteiger partial charge in [-0.15, -0.1) is 0 Å². The molecule has 0 bridgehead atoms. The third-order valence-corrected chi connectivity index (χ3v) is 4.23. The summed E-state index contributed by atoms with van der Waals surface area (Å²) in [6, 6.07) is 13.5. The molecule has 2 aromatic heterocycles. The van der Waals surface area contributed by atoms with Crippen LogP contribution in [0.2, 0.25) is 0 Å². The lowest BCUT2D eigenvalue weighted by Crippen LogP contribution is -2.16. The number of carbonyl (C=O) groups is 1. The van der Waals surface area contributed by atoms with Gasteiger partial charge >= 0.3 is 5.91 Å². The molecule has 1 N–H and O–H groups in total. The molecule has 0 saturated heterocycles. The van der Waals surface area contributed by atoms with Crippen LogP contribution in [-0.2, 0) is 7.05 Å². The van der Waals surface area contributed by atoms with Crippen LogP contribution in [0, 0.1) is 10.1 Å². The van der Waals surface area contributed by atoms with Crippen molar-refractivity contribution < 1.29 is 14.1 Å². The fourth-order valence-electron chi connectivity index (χ4n) is 2.95. The maximum absolute atomic E-state index is 12.2. The Labute approximate surface area is 152 Å². The van der Waals surface area contributed by atoms with Gasteiger partial charge in [-0.25, -0.2) is 5.43 Å². The van der Waals surface area contributed by atoms with E-state index in [1.807, 2.05) is 42.1 Å². The molecule has 2 aromatic carbocycles. The number of benzene rings is 2. The van der Waals surface area contributed by atoms with E-state index in [9.17, 15) is 14.9 Å². The fraction of sp³-hybridized carbons (Fsp3) is 0.0526. The molecule has 0 spiro atoms. The van der Waals surface area contributed by atoms with Crippen molar-refractivity contribution in [2.24, 2.45) is 12.1 Å². The SMILES string of the molecule is Cn1cc(/C=N/NC(=O)c2cc3cc([N+](=O)[O-])ccc3o2)c2ccccc21. The van der Waals surface area contributed by atoms with Gasteiger partial charge in [-0.3, -0.25) is 14.9 Å². The van der Waals surface area contributed by atoms with E-state index < -0.39 is 10.8 Å². The average molecular weight is 362 g/mol. The molecular formula is C19H14N4O4. The predicted molar refractivity (Wildman–Crippen MR) is 101 cm³/mol. The third kappa shape index (κ3) is 3.04. The summed E-state index contributed by atoms with van der Waals surface area (Å²) in [6.07, 6.45) is 3.48. The highest BCUT2D eigenvalue weighted by atomic mass is 16.6. The van der Waals surface area contributed by atoms with Crippen molar-refractivity contribution in [2.45, 2.75) is 0 Å². The van der Waals surface area contributed by atoms with Crippen LogP contribution in [0.3, 0.4) is 0 Å². The highest BCUT2D eigenvalue weighted by Gasteiger charge is 2.14. The Morgan fingerprint density at radius 3 is 2.89 bits per heavy atom. The predicted octanol–water partition coefficient (Wildman–Crippen LogP) is 3.60.